The SMILES string of the molecule is COC(=O)C(C)(C)c1ccc(CCC(=O)C(=O)O)cc1.NCCc1ccccc1. The molecule has 0 saturated carbocycles. The molecule has 6 nitrogen and oxygen atoms in total. The molecule has 0 amide bonds. The lowest BCUT2D eigenvalue weighted by Gasteiger charge is -2.22. The molecule has 6 heteroatoms. The maximum absolute atomic E-state index is 11.7. The zero-order valence-electron chi connectivity index (χ0n) is 17.2. The van der Waals surface area contributed by atoms with Crippen LogP contribution in [0.3, 0.4) is 0 Å². The molecular weight excluding hydrogens is 370 g/mol. The monoisotopic (exact) mass is 399 g/mol. The van der Waals surface area contributed by atoms with E-state index in [9.17, 15) is 14.4 Å². The summed E-state index contributed by atoms with van der Waals surface area (Å²) < 4.78 is 4.76. The van der Waals surface area contributed by atoms with Crippen molar-refractivity contribution in [2.45, 2.75) is 38.5 Å². The molecule has 0 aliphatic rings. The fourth-order valence-corrected chi connectivity index (χ4v) is 2.64. The molecule has 2 aromatic rings. The normalized spacial score (nSPS) is 10.5. The minimum atomic E-state index is -1.41. The smallest absolute Gasteiger partial charge is 0.372 e. The molecule has 0 bridgehead atoms. The number of nitrogens with two attached hydrogens (primary N) is 1. The minimum absolute atomic E-state index is 0.0327. The van der Waals surface area contributed by atoms with Crippen molar-refractivity contribution in [3.8, 4) is 0 Å². The molecule has 0 fully saturated rings. The van der Waals surface area contributed by atoms with Crippen molar-refractivity contribution < 1.29 is 24.2 Å². The molecule has 0 aliphatic carbocycles. The van der Waals surface area contributed by atoms with Gasteiger partial charge in [-0.1, -0.05) is 54.6 Å². The number of ether oxygens (including phenoxy) is 1. The van der Waals surface area contributed by atoms with E-state index in [2.05, 4.69) is 12.1 Å². The number of aryl methyl sites for hydroxylation is 1. The lowest BCUT2D eigenvalue weighted by atomic mass is 9.84. The zero-order valence-corrected chi connectivity index (χ0v) is 17.2. The summed E-state index contributed by atoms with van der Waals surface area (Å²) in [4.78, 5) is 33.1. The summed E-state index contributed by atoms with van der Waals surface area (Å²) in [7, 11) is 1.34. The molecule has 0 spiro atoms. The van der Waals surface area contributed by atoms with Crippen molar-refractivity contribution >= 4 is 17.7 Å². The Morgan fingerprint density at radius 2 is 1.48 bits per heavy atom. The van der Waals surface area contributed by atoms with Crippen LogP contribution in [0, 0.1) is 0 Å². The van der Waals surface area contributed by atoms with E-state index in [0.717, 1.165) is 24.1 Å². The van der Waals surface area contributed by atoms with E-state index in [1.807, 2.05) is 18.2 Å². The van der Waals surface area contributed by atoms with Gasteiger partial charge in [0.05, 0.1) is 12.5 Å². The van der Waals surface area contributed by atoms with Crippen LogP contribution in [-0.4, -0.2) is 36.5 Å². The average Bonchev–Trinajstić information content (AvgIpc) is 2.73. The van der Waals surface area contributed by atoms with Crippen LogP contribution in [0.1, 0.15) is 37.0 Å². The first-order chi connectivity index (χ1) is 13.7. The van der Waals surface area contributed by atoms with Gasteiger partial charge in [0.1, 0.15) is 0 Å². The Labute approximate surface area is 171 Å². The molecule has 0 aliphatic heterocycles. The Bertz CT molecular complexity index is 798. The third-order valence-corrected chi connectivity index (χ3v) is 4.53. The molecule has 0 radical (unpaired) electrons. The van der Waals surface area contributed by atoms with Crippen molar-refractivity contribution in [3.63, 3.8) is 0 Å². The Balaban J connectivity index is 0.000000387. The first kappa shape index (κ1) is 24.0. The number of carbonyl (C=O) groups is 3. The van der Waals surface area contributed by atoms with Gasteiger partial charge >= 0.3 is 11.9 Å². The number of carbonyl (C=O) groups excluding carboxylic acids is 2. The molecule has 156 valence electrons. The Hall–Kier alpha value is -2.99. The number of aliphatic carboxylic acids is 1. The highest BCUT2D eigenvalue weighted by atomic mass is 16.5. The topological polar surface area (TPSA) is 107 Å². The van der Waals surface area contributed by atoms with Crippen molar-refractivity contribution in [3.05, 3.63) is 71.3 Å². The van der Waals surface area contributed by atoms with Crippen LogP contribution in [0.25, 0.3) is 0 Å². The van der Waals surface area contributed by atoms with Gasteiger partial charge in [-0.25, -0.2) is 4.79 Å². The highest BCUT2D eigenvalue weighted by Gasteiger charge is 2.30. The Morgan fingerprint density at radius 1 is 0.931 bits per heavy atom. The highest BCUT2D eigenvalue weighted by molar-refractivity contribution is 6.32. The molecular formula is C23H29NO5. The van der Waals surface area contributed by atoms with Gasteiger partial charge in [0.2, 0.25) is 5.78 Å². The van der Waals surface area contributed by atoms with Crippen molar-refractivity contribution in [1.29, 1.82) is 0 Å². The predicted octanol–water partition coefficient (Wildman–Crippen LogP) is 2.91. The van der Waals surface area contributed by atoms with Crippen LogP contribution in [0.2, 0.25) is 0 Å². The summed E-state index contributed by atoms with van der Waals surface area (Å²) in [6.07, 6.45) is 1.32. The van der Waals surface area contributed by atoms with Crippen molar-refractivity contribution in [1.82, 2.24) is 0 Å². The molecule has 2 rings (SSSR count). The summed E-state index contributed by atoms with van der Waals surface area (Å²) in [5.41, 5.74) is 7.59. The minimum Gasteiger partial charge on any atom is -0.476 e. The van der Waals surface area contributed by atoms with Crippen LogP contribution in [0.15, 0.2) is 54.6 Å². The molecule has 3 N–H and O–H groups in total. The molecule has 0 atom stereocenters. The predicted molar refractivity (Wildman–Crippen MR) is 112 cm³/mol. The zero-order chi connectivity index (χ0) is 21.9. The number of carboxylic acids is 1. The van der Waals surface area contributed by atoms with E-state index in [-0.39, 0.29) is 12.4 Å². The lowest BCUT2D eigenvalue weighted by molar-refractivity contribution is -0.149. The van der Waals surface area contributed by atoms with Crippen molar-refractivity contribution in [2.75, 3.05) is 13.7 Å². The molecule has 0 heterocycles. The van der Waals surface area contributed by atoms with Gasteiger partial charge in [0, 0.05) is 6.42 Å². The van der Waals surface area contributed by atoms with Gasteiger partial charge in [-0.3, -0.25) is 9.59 Å². The van der Waals surface area contributed by atoms with Gasteiger partial charge in [-0.05, 0) is 49.9 Å². The van der Waals surface area contributed by atoms with E-state index in [1.54, 1.807) is 38.1 Å². The second kappa shape index (κ2) is 11.8. The Morgan fingerprint density at radius 3 is 1.97 bits per heavy atom. The van der Waals surface area contributed by atoms with E-state index >= 15 is 0 Å². The van der Waals surface area contributed by atoms with Gasteiger partial charge in [0.25, 0.3) is 0 Å². The fraction of sp³-hybridized carbons (Fsp3) is 0.348. The second-order valence-electron chi connectivity index (χ2n) is 7.07. The van der Waals surface area contributed by atoms with Gasteiger partial charge < -0.3 is 15.6 Å². The first-order valence-corrected chi connectivity index (χ1v) is 9.40. The standard InChI is InChI=1S/C15H18O5.C8H11N/c1-15(2,14(19)20-3)11-7-4-10(5-8-11)6-9-12(16)13(17)18;9-7-6-8-4-2-1-3-5-8/h4-5,7-8H,6,9H2,1-3H3,(H,17,18);1-5H,6-7,9H2. The van der Waals surface area contributed by atoms with Crippen LogP contribution >= 0.6 is 0 Å². The largest absolute Gasteiger partial charge is 0.476 e. The van der Waals surface area contributed by atoms with E-state index in [1.165, 1.54) is 12.7 Å². The maximum Gasteiger partial charge on any atom is 0.372 e. The molecule has 29 heavy (non-hydrogen) atoms. The van der Waals surface area contributed by atoms with E-state index in [4.69, 9.17) is 15.6 Å². The van der Waals surface area contributed by atoms with Gasteiger partial charge in [-0.2, -0.15) is 0 Å². The number of ketones is 1. The maximum atomic E-state index is 11.7. The third-order valence-electron chi connectivity index (χ3n) is 4.53. The summed E-state index contributed by atoms with van der Waals surface area (Å²) in [5.74, 6) is -2.54. The lowest BCUT2D eigenvalue weighted by Crippen LogP contribution is -2.30. The first-order valence-electron chi connectivity index (χ1n) is 9.40. The number of carboxylic acid groups (broad SMARTS) is 1. The quantitative estimate of drug-likeness (QED) is 0.522. The summed E-state index contributed by atoms with van der Waals surface area (Å²) in [5, 5.41) is 8.50. The summed E-state index contributed by atoms with van der Waals surface area (Å²) >= 11 is 0. The third kappa shape index (κ3) is 7.87. The number of esters is 1. The highest BCUT2D eigenvalue weighted by Crippen LogP contribution is 2.25. The number of rotatable bonds is 8. The van der Waals surface area contributed by atoms with Crippen LogP contribution in [-0.2, 0) is 37.4 Å². The summed E-state index contributed by atoms with van der Waals surface area (Å²) in [6.45, 7) is 4.27. The van der Waals surface area contributed by atoms with E-state index in [0.29, 0.717) is 6.42 Å². The molecule has 0 aromatic heterocycles. The van der Waals surface area contributed by atoms with Gasteiger partial charge in [-0.15, -0.1) is 0 Å². The number of Topliss-reactive ketones (excluding diaryl/α,β-unsaturated/α-hetero) is 1. The number of methoxy groups -OCH3 is 1. The second-order valence-corrected chi connectivity index (χ2v) is 7.07. The number of hydrogen-bond donors (Lipinski definition) is 2. The van der Waals surface area contributed by atoms with Crippen LogP contribution < -0.4 is 5.73 Å². The number of benzene rings is 2. The van der Waals surface area contributed by atoms with Crippen LogP contribution in [0.5, 0.6) is 0 Å². The summed E-state index contributed by atoms with van der Waals surface area (Å²) in [6, 6.07) is 17.4. The fourth-order valence-electron chi connectivity index (χ4n) is 2.64. The molecule has 0 saturated heterocycles. The van der Waals surface area contributed by atoms with Crippen LogP contribution in [0.4, 0.5) is 0 Å². The molecule has 2 aromatic carbocycles. The Kier molecular flexibility index (Phi) is 9.75. The van der Waals surface area contributed by atoms with E-state index < -0.39 is 17.2 Å². The van der Waals surface area contributed by atoms with Gasteiger partial charge in [0.15, 0.2) is 0 Å². The molecule has 0 unspecified atom stereocenters. The van der Waals surface area contributed by atoms with Crippen molar-refractivity contribution in [2.24, 2.45) is 5.73 Å². The number of hydrogen-bond acceptors (Lipinski definition) is 5. The average molecular weight is 399 g/mol.